The van der Waals surface area contributed by atoms with E-state index in [1.807, 2.05) is 6.92 Å². The SMILES string of the molecule is Cc1ccc(S(=O)(=O)C(Cl)Br)cc1. The fourth-order valence-electron chi connectivity index (χ4n) is 0.831. The van der Waals surface area contributed by atoms with Crippen molar-refractivity contribution in [1.29, 1.82) is 0 Å². The number of sulfone groups is 1. The van der Waals surface area contributed by atoms with Gasteiger partial charge in [-0.25, -0.2) is 8.42 Å². The molecule has 13 heavy (non-hydrogen) atoms. The fourth-order valence-corrected chi connectivity index (χ4v) is 2.51. The summed E-state index contributed by atoms with van der Waals surface area (Å²) < 4.78 is 21.9. The summed E-state index contributed by atoms with van der Waals surface area (Å²) in [4.78, 5) is 0.231. The molecule has 0 aliphatic carbocycles. The zero-order valence-corrected chi connectivity index (χ0v) is 10.0. The molecule has 0 heterocycles. The fraction of sp³-hybridized carbons (Fsp3) is 0.250. The Morgan fingerprint density at radius 1 is 1.31 bits per heavy atom. The van der Waals surface area contributed by atoms with E-state index in [1.165, 1.54) is 0 Å². The Labute approximate surface area is 91.0 Å². The third-order valence-corrected chi connectivity index (χ3v) is 5.16. The topological polar surface area (TPSA) is 34.1 Å². The predicted octanol–water partition coefficient (Wildman–Crippen LogP) is 2.69. The summed E-state index contributed by atoms with van der Waals surface area (Å²) in [7, 11) is -3.41. The first kappa shape index (κ1) is 11.0. The number of hydrogen-bond acceptors (Lipinski definition) is 2. The highest BCUT2D eigenvalue weighted by Crippen LogP contribution is 2.23. The second-order valence-corrected chi connectivity index (χ2v) is 7.40. The molecule has 1 aromatic rings. The average molecular weight is 284 g/mol. The number of aryl methyl sites for hydroxylation is 1. The minimum atomic E-state index is -3.41. The molecule has 1 aromatic carbocycles. The van der Waals surface area contributed by atoms with Gasteiger partial charge in [0, 0.05) is 0 Å². The van der Waals surface area contributed by atoms with Crippen LogP contribution in [0, 0.1) is 6.92 Å². The average Bonchev–Trinajstić information content (AvgIpc) is 2.04. The highest BCUT2D eigenvalue weighted by molar-refractivity contribution is 9.11. The Bertz CT molecular complexity index is 383. The van der Waals surface area contributed by atoms with Crippen molar-refractivity contribution in [2.75, 3.05) is 0 Å². The van der Waals surface area contributed by atoms with Gasteiger partial charge in [-0.1, -0.05) is 45.2 Å². The van der Waals surface area contributed by atoms with Crippen molar-refractivity contribution in [2.45, 2.75) is 15.4 Å². The smallest absolute Gasteiger partial charge is 0.205 e. The monoisotopic (exact) mass is 282 g/mol. The number of hydrogen-bond donors (Lipinski definition) is 0. The maximum absolute atomic E-state index is 11.5. The first-order valence-electron chi connectivity index (χ1n) is 3.53. The van der Waals surface area contributed by atoms with E-state index < -0.39 is 13.5 Å². The molecule has 0 radical (unpaired) electrons. The second-order valence-electron chi connectivity index (χ2n) is 2.62. The number of halogens is 2. The van der Waals surface area contributed by atoms with Crippen molar-refractivity contribution in [3.05, 3.63) is 29.8 Å². The van der Waals surface area contributed by atoms with E-state index in [9.17, 15) is 8.42 Å². The first-order valence-corrected chi connectivity index (χ1v) is 6.43. The molecule has 0 spiro atoms. The largest absolute Gasteiger partial charge is 0.221 e. The minimum Gasteiger partial charge on any atom is -0.221 e. The molecule has 1 unspecified atom stereocenters. The third kappa shape index (κ3) is 2.45. The lowest BCUT2D eigenvalue weighted by Gasteiger charge is -2.04. The van der Waals surface area contributed by atoms with Crippen LogP contribution >= 0.6 is 27.5 Å². The van der Waals surface area contributed by atoms with E-state index >= 15 is 0 Å². The Balaban J connectivity index is 3.17. The van der Waals surface area contributed by atoms with Crippen molar-refractivity contribution >= 4 is 37.4 Å². The van der Waals surface area contributed by atoms with Crippen LogP contribution in [0.15, 0.2) is 29.2 Å². The standard InChI is InChI=1S/C8H8BrClO2S/c1-6-2-4-7(5-3-6)13(11,12)8(9)10/h2-5,8H,1H3. The van der Waals surface area contributed by atoms with Gasteiger partial charge in [-0.05, 0) is 19.1 Å². The molecule has 0 saturated carbocycles. The summed E-state index contributed by atoms with van der Waals surface area (Å²) in [5.41, 5.74) is 1.01. The van der Waals surface area contributed by atoms with Gasteiger partial charge in [0.2, 0.25) is 9.84 Å². The molecule has 5 heteroatoms. The molecule has 0 bridgehead atoms. The minimum absolute atomic E-state index is 0.231. The van der Waals surface area contributed by atoms with E-state index in [2.05, 4.69) is 15.9 Å². The highest BCUT2D eigenvalue weighted by atomic mass is 79.9. The van der Waals surface area contributed by atoms with Crippen LogP contribution in [0.3, 0.4) is 0 Å². The Kier molecular flexibility index (Phi) is 3.38. The van der Waals surface area contributed by atoms with Gasteiger partial charge in [0.1, 0.15) is 0 Å². The number of benzene rings is 1. The van der Waals surface area contributed by atoms with Gasteiger partial charge in [-0.15, -0.1) is 0 Å². The maximum Gasteiger partial charge on any atom is 0.205 e. The molecule has 0 saturated heterocycles. The molecule has 0 fully saturated rings. The molecule has 2 nitrogen and oxygen atoms in total. The summed E-state index contributed by atoms with van der Waals surface area (Å²) >= 11 is 8.30. The molecule has 0 aliphatic rings. The zero-order chi connectivity index (χ0) is 10.1. The lowest BCUT2D eigenvalue weighted by molar-refractivity contribution is 0.599. The molecule has 72 valence electrons. The second kappa shape index (κ2) is 3.98. The van der Waals surface area contributed by atoms with E-state index in [4.69, 9.17) is 11.6 Å². The van der Waals surface area contributed by atoms with Crippen molar-refractivity contribution in [2.24, 2.45) is 0 Å². The number of alkyl halides is 2. The molecule has 0 N–H and O–H groups in total. The van der Waals surface area contributed by atoms with Crippen LogP contribution in [-0.2, 0) is 9.84 Å². The van der Waals surface area contributed by atoms with Crippen molar-refractivity contribution < 1.29 is 8.42 Å². The summed E-state index contributed by atoms with van der Waals surface area (Å²) in [6, 6.07) is 6.56. The van der Waals surface area contributed by atoms with Crippen LogP contribution in [0.2, 0.25) is 0 Å². The van der Waals surface area contributed by atoms with E-state index in [-0.39, 0.29) is 4.90 Å². The maximum atomic E-state index is 11.5. The van der Waals surface area contributed by atoms with Crippen LogP contribution in [0.5, 0.6) is 0 Å². The molecule has 0 aliphatic heterocycles. The molecule has 0 aromatic heterocycles. The van der Waals surface area contributed by atoms with Gasteiger partial charge in [0.05, 0.1) is 4.90 Å². The normalized spacial score (nSPS) is 14.1. The lowest BCUT2D eigenvalue weighted by Crippen LogP contribution is -2.08. The molecule has 1 atom stereocenters. The van der Waals surface area contributed by atoms with Gasteiger partial charge in [0.25, 0.3) is 0 Å². The molecule has 0 amide bonds. The van der Waals surface area contributed by atoms with E-state index in [1.54, 1.807) is 24.3 Å². The van der Waals surface area contributed by atoms with Gasteiger partial charge in [0.15, 0.2) is 3.62 Å². The Hall–Kier alpha value is -0.0600. The van der Waals surface area contributed by atoms with Crippen molar-refractivity contribution in [1.82, 2.24) is 0 Å². The zero-order valence-electron chi connectivity index (χ0n) is 6.87. The van der Waals surface area contributed by atoms with Gasteiger partial charge < -0.3 is 0 Å². The van der Waals surface area contributed by atoms with Crippen LogP contribution in [0.4, 0.5) is 0 Å². The third-order valence-electron chi connectivity index (χ3n) is 1.58. The Morgan fingerprint density at radius 2 is 1.77 bits per heavy atom. The van der Waals surface area contributed by atoms with Crippen LogP contribution in [-0.4, -0.2) is 12.0 Å². The summed E-state index contributed by atoms with van der Waals surface area (Å²) in [6.45, 7) is 1.89. The molecule has 1 rings (SSSR count). The summed E-state index contributed by atoms with van der Waals surface area (Å²) in [5.74, 6) is 0. The van der Waals surface area contributed by atoms with E-state index in [0.717, 1.165) is 5.56 Å². The van der Waals surface area contributed by atoms with E-state index in [0.29, 0.717) is 0 Å². The van der Waals surface area contributed by atoms with Crippen LogP contribution < -0.4 is 0 Å². The number of rotatable bonds is 2. The van der Waals surface area contributed by atoms with Crippen LogP contribution in [0.1, 0.15) is 5.56 Å². The Morgan fingerprint density at radius 3 is 2.15 bits per heavy atom. The highest BCUT2D eigenvalue weighted by Gasteiger charge is 2.21. The first-order chi connectivity index (χ1) is 5.94. The van der Waals surface area contributed by atoms with Crippen molar-refractivity contribution in [3.8, 4) is 0 Å². The van der Waals surface area contributed by atoms with Crippen LogP contribution in [0.25, 0.3) is 0 Å². The predicted molar refractivity (Wildman–Crippen MR) is 56.9 cm³/mol. The summed E-state index contributed by atoms with van der Waals surface area (Å²) in [6.07, 6.45) is 0. The quantitative estimate of drug-likeness (QED) is 0.782. The van der Waals surface area contributed by atoms with Gasteiger partial charge >= 0.3 is 0 Å². The van der Waals surface area contributed by atoms with Crippen molar-refractivity contribution in [3.63, 3.8) is 0 Å². The van der Waals surface area contributed by atoms with Gasteiger partial charge in [-0.3, -0.25) is 0 Å². The molecular weight excluding hydrogens is 276 g/mol. The van der Waals surface area contributed by atoms with Gasteiger partial charge in [-0.2, -0.15) is 0 Å². The summed E-state index contributed by atoms with van der Waals surface area (Å²) in [5, 5.41) is 0. The lowest BCUT2D eigenvalue weighted by atomic mass is 10.2. The molecular formula is C8H8BrClO2S.